The molecule has 0 saturated heterocycles. The standard InChI is InChI=1S/C25H34F2O4/c1-3-25(14-7-12-6-13(9-14)10-15(25)8-12)31-22(28)20-16-4-5-17-18(16)11-19(20)21(17)30-23(29)24(2,26)27/h12-21H,3-11H2,1-2H3. The lowest BCUT2D eigenvalue weighted by atomic mass is 9.49. The molecule has 172 valence electrons. The van der Waals surface area contributed by atoms with E-state index in [2.05, 4.69) is 6.92 Å². The highest BCUT2D eigenvalue weighted by molar-refractivity contribution is 5.78. The summed E-state index contributed by atoms with van der Waals surface area (Å²) in [5.74, 6) is -2.28. The number of carbonyl (C=O) groups excluding carboxylic acids is 2. The van der Waals surface area contributed by atoms with Crippen molar-refractivity contribution in [3.8, 4) is 0 Å². The predicted octanol–water partition coefficient (Wildman–Crippen LogP) is 4.99. The monoisotopic (exact) mass is 436 g/mol. The third kappa shape index (κ3) is 2.81. The second kappa shape index (κ2) is 6.66. The highest BCUT2D eigenvalue weighted by atomic mass is 19.3. The van der Waals surface area contributed by atoms with Gasteiger partial charge in [-0.05, 0) is 99.2 Å². The Labute approximate surface area is 182 Å². The highest BCUT2D eigenvalue weighted by Crippen LogP contribution is 2.65. The summed E-state index contributed by atoms with van der Waals surface area (Å²) in [6, 6.07) is 0. The minimum Gasteiger partial charge on any atom is -0.458 e. The van der Waals surface area contributed by atoms with Gasteiger partial charge in [0.2, 0.25) is 0 Å². The third-order valence-electron chi connectivity index (χ3n) is 10.5. The van der Waals surface area contributed by atoms with Gasteiger partial charge in [0.25, 0.3) is 0 Å². The van der Waals surface area contributed by atoms with E-state index in [0.29, 0.717) is 24.7 Å². The lowest BCUT2D eigenvalue weighted by Crippen LogP contribution is -2.60. The molecule has 31 heavy (non-hydrogen) atoms. The van der Waals surface area contributed by atoms with Gasteiger partial charge in [-0.3, -0.25) is 4.79 Å². The molecule has 0 N–H and O–H groups in total. The van der Waals surface area contributed by atoms with Gasteiger partial charge in [-0.2, -0.15) is 8.78 Å². The van der Waals surface area contributed by atoms with Crippen LogP contribution in [0.25, 0.3) is 0 Å². The smallest absolute Gasteiger partial charge is 0.376 e. The van der Waals surface area contributed by atoms with Crippen LogP contribution in [0.15, 0.2) is 0 Å². The Morgan fingerprint density at radius 1 is 0.903 bits per heavy atom. The van der Waals surface area contributed by atoms with Crippen LogP contribution >= 0.6 is 0 Å². The molecule has 6 bridgehead atoms. The van der Waals surface area contributed by atoms with Crippen molar-refractivity contribution in [2.24, 2.45) is 53.3 Å². The molecule has 7 aliphatic rings. The van der Waals surface area contributed by atoms with Crippen molar-refractivity contribution < 1.29 is 27.8 Å². The molecule has 0 aliphatic heterocycles. The number of alkyl halides is 2. The van der Waals surface area contributed by atoms with E-state index >= 15 is 0 Å². The van der Waals surface area contributed by atoms with Crippen LogP contribution in [0.4, 0.5) is 8.78 Å². The molecule has 0 aromatic heterocycles. The summed E-state index contributed by atoms with van der Waals surface area (Å²) in [5.41, 5.74) is -0.340. The fourth-order valence-corrected chi connectivity index (χ4v) is 9.57. The van der Waals surface area contributed by atoms with Crippen LogP contribution in [-0.4, -0.2) is 29.6 Å². The Kier molecular flexibility index (Phi) is 4.39. The largest absolute Gasteiger partial charge is 0.458 e. The average molecular weight is 437 g/mol. The molecule has 6 atom stereocenters. The zero-order valence-electron chi connectivity index (χ0n) is 18.5. The molecular weight excluding hydrogens is 402 g/mol. The van der Waals surface area contributed by atoms with E-state index in [-0.39, 0.29) is 35.2 Å². The Morgan fingerprint density at radius 3 is 2.10 bits per heavy atom. The topological polar surface area (TPSA) is 52.6 Å². The first-order chi connectivity index (χ1) is 14.7. The van der Waals surface area contributed by atoms with E-state index in [1.54, 1.807) is 0 Å². The Bertz CT molecular complexity index is 761. The summed E-state index contributed by atoms with van der Waals surface area (Å²) in [4.78, 5) is 25.6. The molecular formula is C25H34F2O4. The minimum atomic E-state index is -3.50. The number of fused-ring (bicyclic) bond motifs is 1. The van der Waals surface area contributed by atoms with E-state index in [1.165, 1.54) is 32.1 Å². The summed E-state index contributed by atoms with van der Waals surface area (Å²) in [5, 5.41) is 0. The van der Waals surface area contributed by atoms with E-state index in [4.69, 9.17) is 9.47 Å². The summed E-state index contributed by atoms with van der Waals surface area (Å²) >= 11 is 0. The van der Waals surface area contributed by atoms with Crippen LogP contribution in [0.1, 0.15) is 71.6 Å². The molecule has 0 aromatic carbocycles. The molecule has 6 heteroatoms. The minimum absolute atomic E-state index is 0.128. The lowest BCUT2D eigenvalue weighted by molar-refractivity contribution is -0.219. The molecule has 7 fully saturated rings. The first-order valence-corrected chi connectivity index (χ1v) is 12.5. The molecule has 0 spiro atoms. The number of hydrogen-bond donors (Lipinski definition) is 0. The van der Waals surface area contributed by atoms with Gasteiger partial charge in [-0.15, -0.1) is 0 Å². The van der Waals surface area contributed by atoms with Crippen molar-refractivity contribution in [2.75, 3.05) is 0 Å². The van der Waals surface area contributed by atoms with Gasteiger partial charge in [0.05, 0.1) is 5.92 Å². The SMILES string of the molecule is CCC1(OC(=O)C2C3CCC4C3CC2C4OC(=O)C(C)(F)F)C2CC3CC(C2)CC1C3. The van der Waals surface area contributed by atoms with Crippen LogP contribution in [-0.2, 0) is 19.1 Å². The van der Waals surface area contributed by atoms with Crippen molar-refractivity contribution in [3.63, 3.8) is 0 Å². The molecule has 6 unspecified atom stereocenters. The molecule has 0 aromatic rings. The van der Waals surface area contributed by atoms with Gasteiger partial charge in [-0.1, -0.05) is 6.92 Å². The molecule has 0 amide bonds. The zero-order valence-corrected chi connectivity index (χ0v) is 18.5. The molecule has 0 radical (unpaired) electrons. The molecule has 7 saturated carbocycles. The van der Waals surface area contributed by atoms with E-state index in [1.807, 2.05) is 0 Å². The highest BCUT2D eigenvalue weighted by Gasteiger charge is 2.66. The molecule has 4 nitrogen and oxygen atoms in total. The van der Waals surface area contributed by atoms with Crippen LogP contribution in [0.3, 0.4) is 0 Å². The van der Waals surface area contributed by atoms with Crippen LogP contribution in [0, 0.1) is 53.3 Å². The van der Waals surface area contributed by atoms with Gasteiger partial charge in [0.1, 0.15) is 11.7 Å². The van der Waals surface area contributed by atoms with Gasteiger partial charge in [-0.25, -0.2) is 4.79 Å². The molecule has 7 rings (SSSR count). The summed E-state index contributed by atoms with van der Waals surface area (Å²) < 4.78 is 38.9. The number of halogens is 2. The Hall–Kier alpha value is -1.20. The molecule has 7 aliphatic carbocycles. The van der Waals surface area contributed by atoms with Crippen molar-refractivity contribution >= 4 is 11.9 Å². The average Bonchev–Trinajstić information content (AvgIpc) is 3.33. The maximum atomic E-state index is 13.7. The second-order valence-corrected chi connectivity index (χ2v) is 11.8. The van der Waals surface area contributed by atoms with Gasteiger partial charge in [0.15, 0.2) is 0 Å². The summed E-state index contributed by atoms with van der Waals surface area (Å²) in [7, 11) is 0. The van der Waals surface area contributed by atoms with Crippen molar-refractivity contribution in [1.29, 1.82) is 0 Å². The van der Waals surface area contributed by atoms with Crippen molar-refractivity contribution in [1.82, 2.24) is 0 Å². The van der Waals surface area contributed by atoms with Crippen LogP contribution < -0.4 is 0 Å². The normalized spacial score (nSPS) is 51.4. The zero-order chi connectivity index (χ0) is 21.7. The van der Waals surface area contributed by atoms with Crippen LogP contribution in [0.2, 0.25) is 0 Å². The summed E-state index contributed by atoms with van der Waals surface area (Å²) in [6.07, 6.45) is 8.96. The van der Waals surface area contributed by atoms with Crippen molar-refractivity contribution in [2.45, 2.75) is 89.3 Å². The Morgan fingerprint density at radius 2 is 1.52 bits per heavy atom. The fraction of sp³-hybridized carbons (Fsp3) is 0.920. The van der Waals surface area contributed by atoms with E-state index < -0.39 is 18.0 Å². The quantitative estimate of drug-likeness (QED) is 0.570. The third-order valence-corrected chi connectivity index (χ3v) is 10.5. The lowest BCUT2D eigenvalue weighted by Gasteiger charge is -2.60. The first-order valence-electron chi connectivity index (χ1n) is 12.5. The van der Waals surface area contributed by atoms with Crippen LogP contribution in [0.5, 0.6) is 0 Å². The van der Waals surface area contributed by atoms with Gasteiger partial charge >= 0.3 is 17.9 Å². The van der Waals surface area contributed by atoms with E-state index in [0.717, 1.165) is 37.5 Å². The summed E-state index contributed by atoms with van der Waals surface area (Å²) in [6.45, 7) is 2.75. The Balaban J connectivity index is 1.23. The molecule has 0 heterocycles. The van der Waals surface area contributed by atoms with E-state index in [9.17, 15) is 18.4 Å². The maximum Gasteiger partial charge on any atom is 0.376 e. The maximum absolute atomic E-state index is 13.7. The number of ether oxygens (including phenoxy) is 2. The van der Waals surface area contributed by atoms with Gasteiger partial charge < -0.3 is 9.47 Å². The number of carbonyl (C=O) groups is 2. The second-order valence-electron chi connectivity index (χ2n) is 11.8. The number of rotatable bonds is 5. The first kappa shape index (κ1) is 20.4. The fourth-order valence-electron chi connectivity index (χ4n) is 9.57. The van der Waals surface area contributed by atoms with Gasteiger partial charge in [0, 0.05) is 12.8 Å². The van der Waals surface area contributed by atoms with Crippen molar-refractivity contribution in [3.05, 3.63) is 0 Å². The number of esters is 2. The number of hydrogen-bond acceptors (Lipinski definition) is 4. The predicted molar refractivity (Wildman–Crippen MR) is 108 cm³/mol.